The van der Waals surface area contributed by atoms with E-state index in [1.807, 2.05) is 0 Å². The molecule has 0 saturated heterocycles. The summed E-state index contributed by atoms with van der Waals surface area (Å²) in [5, 5.41) is 9.31. The highest BCUT2D eigenvalue weighted by Crippen LogP contribution is 2.06. The van der Waals surface area contributed by atoms with Crippen LogP contribution in [0.1, 0.15) is 19.5 Å². The number of hydrogen-bond acceptors (Lipinski definition) is 4. The van der Waals surface area contributed by atoms with E-state index >= 15 is 0 Å². The van der Waals surface area contributed by atoms with E-state index in [-0.39, 0.29) is 6.61 Å². The molecule has 0 fully saturated rings. The van der Waals surface area contributed by atoms with Gasteiger partial charge in [0.05, 0.1) is 24.7 Å². The molecular weight excluding hydrogens is 214 g/mol. The molecule has 0 aliphatic rings. The summed E-state index contributed by atoms with van der Waals surface area (Å²) in [4.78, 5) is 10.3. The van der Waals surface area contributed by atoms with Crippen molar-refractivity contribution in [3.05, 3.63) is 23.2 Å². The lowest BCUT2D eigenvalue weighted by Gasteiger charge is -2.24. The number of halogens is 1. The van der Waals surface area contributed by atoms with Gasteiger partial charge in [-0.05, 0) is 13.8 Å². The van der Waals surface area contributed by atoms with Gasteiger partial charge in [0.1, 0.15) is 5.15 Å². The second-order valence-corrected chi connectivity index (χ2v) is 4.01. The first-order valence-electron chi connectivity index (χ1n) is 4.95. The summed E-state index contributed by atoms with van der Waals surface area (Å²) in [5.41, 5.74) is 0.863. The van der Waals surface area contributed by atoms with Gasteiger partial charge in [-0.15, -0.1) is 0 Å². The smallest absolute Gasteiger partial charge is 0.147 e. The third-order valence-electron chi connectivity index (χ3n) is 2.16. The van der Waals surface area contributed by atoms with Crippen molar-refractivity contribution in [2.75, 3.05) is 13.2 Å². The molecule has 0 spiro atoms. The summed E-state index contributed by atoms with van der Waals surface area (Å²) in [6.45, 7) is 5.64. The van der Waals surface area contributed by atoms with Gasteiger partial charge in [-0.3, -0.25) is 9.88 Å². The summed E-state index contributed by atoms with van der Waals surface area (Å²) < 4.78 is 0. The average molecular weight is 230 g/mol. The van der Waals surface area contributed by atoms with Gasteiger partial charge in [-0.25, -0.2) is 4.98 Å². The highest BCUT2D eigenvalue weighted by Gasteiger charge is 2.10. The Hall–Kier alpha value is -0.710. The van der Waals surface area contributed by atoms with Crippen molar-refractivity contribution in [2.24, 2.45) is 0 Å². The van der Waals surface area contributed by atoms with Crippen LogP contribution in [0.3, 0.4) is 0 Å². The first-order chi connectivity index (χ1) is 7.13. The minimum atomic E-state index is 0.152. The second kappa shape index (κ2) is 6.00. The maximum absolute atomic E-state index is 8.91. The number of rotatable bonds is 5. The molecule has 0 aliphatic heterocycles. The fourth-order valence-corrected chi connectivity index (χ4v) is 1.37. The minimum Gasteiger partial charge on any atom is -0.395 e. The molecule has 4 nitrogen and oxygen atoms in total. The molecule has 0 atom stereocenters. The molecule has 0 aliphatic carbocycles. The van der Waals surface area contributed by atoms with Crippen molar-refractivity contribution >= 4 is 11.6 Å². The van der Waals surface area contributed by atoms with E-state index in [1.165, 1.54) is 6.20 Å². The summed E-state index contributed by atoms with van der Waals surface area (Å²) in [6, 6.07) is 0.370. The van der Waals surface area contributed by atoms with Gasteiger partial charge in [0.15, 0.2) is 0 Å². The highest BCUT2D eigenvalue weighted by molar-refractivity contribution is 6.29. The highest BCUT2D eigenvalue weighted by atomic mass is 35.5. The van der Waals surface area contributed by atoms with Crippen LogP contribution < -0.4 is 0 Å². The van der Waals surface area contributed by atoms with Crippen LogP contribution in [-0.2, 0) is 6.54 Å². The molecule has 84 valence electrons. The number of hydrogen-bond donors (Lipinski definition) is 1. The molecule has 0 radical (unpaired) electrons. The van der Waals surface area contributed by atoms with Crippen LogP contribution >= 0.6 is 11.6 Å². The Bertz CT molecular complexity index is 289. The van der Waals surface area contributed by atoms with E-state index in [1.54, 1.807) is 6.20 Å². The Balaban J connectivity index is 2.61. The zero-order chi connectivity index (χ0) is 11.3. The fraction of sp³-hybridized carbons (Fsp3) is 0.600. The molecule has 0 aromatic carbocycles. The van der Waals surface area contributed by atoms with Crippen LogP contribution in [0, 0.1) is 0 Å². The quantitative estimate of drug-likeness (QED) is 0.828. The number of aliphatic hydroxyl groups excluding tert-OH is 1. The Labute approximate surface area is 94.9 Å². The van der Waals surface area contributed by atoms with Gasteiger partial charge >= 0.3 is 0 Å². The third kappa shape index (κ3) is 4.11. The molecule has 1 rings (SSSR count). The lowest BCUT2D eigenvalue weighted by molar-refractivity contribution is 0.157. The largest absolute Gasteiger partial charge is 0.395 e. The molecule has 0 unspecified atom stereocenters. The minimum absolute atomic E-state index is 0.152. The maximum Gasteiger partial charge on any atom is 0.147 e. The fourth-order valence-electron chi connectivity index (χ4n) is 1.28. The van der Waals surface area contributed by atoms with E-state index in [2.05, 4.69) is 28.7 Å². The third-order valence-corrected chi connectivity index (χ3v) is 2.35. The molecule has 0 bridgehead atoms. The Morgan fingerprint density at radius 1 is 1.40 bits per heavy atom. The standard InChI is InChI=1S/C10H16ClN3O/c1-8(2)14(3-4-15)7-9-5-13-10(11)6-12-9/h5-6,8,15H,3-4,7H2,1-2H3. The number of aliphatic hydroxyl groups is 1. The van der Waals surface area contributed by atoms with E-state index in [0.717, 1.165) is 5.69 Å². The second-order valence-electron chi connectivity index (χ2n) is 3.62. The number of nitrogens with zero attached hydrogens (tertiary/aromatic N) is 3. The Morgan fingerprint density at radius 2 is 2.13 bits per heavy atom. The topological polar surface area (TPSA) is 49.2 Å². The molecule has 1 heterocycles. The van der Waals surface area contributed by atoms with Crippen molar-refractivity contribution in [1.82, 2.24) is 14.9 Å². The Kier molecular flexibility index (Phi) is 4.94. The predicted octanol–water partition coefficient (Wildman–Crippen LogP) is 1.33. The summed E-state index contributed by atoms with van der Waals surface area (Å²) in [6.07, 6.45) is 3.20. The molecule has 1 aromatic heterocycles. The summed E-state index contributed by atoms with van der Waals surface area (Å²) >= 11 is 5.64. The molecule has 15 heavy (non-hydrogen) atoms. The van der Waals surface area contributed by atoms with Gasteiger partial charge < -0.3 is 5.11 Å². The van der Waals surface area contributed by atoms with Gasteiger partial charge in [-0.1, -0.05) is 11.6 Å². The summed E-state index contributed by atoms with van der Waals surface area (Å²) in [7, 11) is 0. The van der Waals surface area contributed by atoms with Crippen LogP contribution in [0.2, 0.25) is 5.15 Å². The van der Waals surface area contributed by atoms with Crippen LogP contribution in [0.25, 0.3) is 0 Å². The van der Waals surface area contributed by atoms with E-state index in [9.17, 15) is 0 Å². The van der Waals surface area contributed by atoms with Crippen LogP contribution in [0.5, 0.6) is 0 Å². The SMILES string of the molecule is CC(C)N(CCO)Cc1cnc(Cl)cn1. The first kappa shape index (κ1) is 12.4. The first-order valence-corrected chi connectivity index (χ1v) is 5.32. The van der Waals surface area contributed by atoms with Crippen molar-refractivity contribution < 1.29 is 5.11 Å². The lowest BCUT2D eigenvalue weighted by atomic mass is 10.3. The molecule has 0 amide bonds. The average Bonchev–Trinajstić information content (AvgIpc) is 2.20. The van der Waals surface area contributed by atoms with E-state index in [0.29, 0.717) is 24.3 Å². The molecule has 0 saturated carbocycles. The van der Waals surface area contributed by atoms with E-state index < -0.39 is 0 Å². The lowest BCUT2D eigenvalue weighted by Crippen LogP contribution is -2.33. The van der Waals surface area contributed by atoms with Gasteiger partial charge in [-0.2, -0.15) is 0 Å². The zero-order valence-electron chi connectivity index (χ0n) is 9.02. The van der Waals surface area contributed by atoms with Crippen LogP contribution in [0.15, 0.2) is 12.4 Å². The molecular formula is C10H16ClN3O. The summed E-state index contributed by atoms with van der Waals surface area (Å²) in [5.74, 6) is 0. The van der Waals surface area contributed by atoms with Crippen LogP contribution in [-0.4, -0.2) is 39.2 Å². The molecule has 5 heteroatoms. The molecule has 1 N–H and O–H groups in total. The maximum atomic E-state index is 8.91. The monoisotopic (exact) mass is 229 g/mol. The van der Waals surface area contributed by atoms with Crippen molar-refractivity contribution in [1.29, 1.82) is 0 Å². The van der Waals surface area contributed by atoms with Crippen LogP contribution in [0.4, 0.5) is 0 Å². The zero-order valence-corrected chi connectivity index (χ0v) is 9.78. The van der Waals surface area contributed by atoms with Gasteiger partial charge in [0.2, 0.25) is 0 Å². The van der Waals surface area contributed by atoms with Crippen molar-refractivity contribution in [3.63, 3.8) is 0 Å². The number of aromatic nitrogens is 2. The van der Waals surface area contributed by atoms with Gasteiger partial charge in [0.25, 0.3) is 0 Å². The molecule has 1 aromatic rings. The Morgan fingerprint density at radius 3 is 2.60 bits per heavy atom. The predicted molar refractivity (Wildman–Crippen MR) is 59.7 cm³/mol. The normalized spacial score (nSPS) is 11.3. The van der Waals surface area contributed by atoms with Gasteiger partial charge in [0, 0.05) is 19.1 Å². The van der Waals surface area contributed by atoms with E-state index in [4.69, 9.17) is 16.7 Å². The van der Waals surface area contributed by atoms with Crippen molar-refractivity contribution in [3.8, 4) is 0 Å². The van der Waals surface area contributed by atoms with Crippen molar-refractivity contribution in [2.45, 2.75) is 26.4 Å².